The summed E-state index contributed by atoms with van der Waals surface area (Å²) in [4.78, 5) is 23.2. The van der Waals surface area contributed by atoms with Crippen molar-refractivity contribution in [2.75, 3.05) is 6.54 Å². The minimum atomic E-state index is -0.583. The highest BCUT2D eigenvalue weighted by Gasteiger charge is 2.16. The van der Waals surface area contributed by atoms with Gasteiger partial charge >= 0.3 is 11.8 Å². The molecule has 19 heavy (non-hydrogen) atoms. The van der Waals surface area contributed by atoms with Gasteiger partial charge in [0.2, 0.25) is 0 Å². The summed E-state index contributed by atoms with van der Waals surface area (Å²) < 4.78 is 0. The molecule has 0 radical (unpaired) electrons. The third-order valence-corrected chi connectivity index (χ3v) is 2.86. The van der Waals surface area contributed by atoms with E-state index in [-0.39, 0.29) is 6.04 Å². The molecule has 1 unspecified atom stereocenters. The Morgan fingerprint density at radius 1 is 1.05 bits per heavy atom. The molecule has 1 aromatic carbocycles. The topological polar surface area (TPSA) is 58.2 Å². The number of amides is 2. The lowest BCUT2D eigenvalue weighted by atomic mass is 10.1. The summed E-state index contributed by atoms with van der Waals surface area (Å²) in [7, 11) is 0. The molecule has 0 fully saturated rings. The molecule has 1 rings (SSSR count). The van der Waals surface area contributed by atoms with Gasteiger partial charge in [0.25, 0.3) is 0 Å². The monoisotopic (exact) mass is 262 g/mol. The molecule has 104 valence electrons. The third-order valence-electron chi connectivity index (χ3n) is 2.86. The highest BCUT2D eigenvalue weighted by molar-refractivity contribution is 6.35. The van der Waals surface area contributed by atoms with Gasteiger partial charge in [-0.25, -0.2) is 0 Å². The Hall–Kier alpha value is -1.84. The van der Waals surface area contributed by atoms with Gasteiger partial charge in [0.15, 0.2) is 0 Å². The van der Waals surface area contributed by atoms with Crippen LogP contribution >= 0.6 is 0 Å². The van der Waals surface area contributed by atoms with Crippen LogP contribution in [0.25, 0.3) is 0 Å². The summed E-state index contributed by atoms with van der Waals surface area (Å²) in [6, 6.07) is 9.38. The molecular formula is C15H22N2O2. The van der Waals surface area contributed by atoms with Gasteiger partial charge in [-0.2, -0.15) is 0 Å². The van der Waals surface area contributed by atoms with E-state index in [0.717, 1.165) is 12.0 Å². The molecule has 0 spiro atoms. The van der Waals surface area contributed by atoms with Crippen molar-refractivity contribution in [3.8, 4) is 0 Å². The van der Waals surface area contributed by atoms with Crippen molar-refractivity contribution in [2.45, 2.75) is 33.2 Å². The predicted octanol–water partition coefficient (Wildman–Crippen LogP) is 2.03. The second-order valence-electron chi connectivity index (χ2n) is 5.04. The van der Waals surface area contributed by atoms with Crippen molar-refractivity contribution < 1.29 is 9.59 Å². The third kappa shape index (κ3) is 5.55. The standard InChI is InChI=1S/C15H22N2O2/c1-11(2)9-10-16-14(18)15(19)17-12(3)13-7-5-4-6-8-13/h4-8,11-12H,9-10H2,1-3H3,(H,16,18)(H,17,19). The molecular weight excluding hydrogens is 240 g/mol. The Bertz CT molecular complexity index is 415. The maximum absolute atomic E-state index is 11.7. The van der Waals surface area contributed by atoms with Gasteiger partial charge in [0.05, 0.1) is 6.04 Å². The molecule has 0 saturated carbocycles. The van der Waals surface area contributed by atoms with E-state index in [1.54, 1.807) is 0 Å². The molecule has 0 aliphatic rings. The van der Waals surface area contributed by atoms with Crippen LogP contribution < -0.4 is 10.6 Å². The Balaban J connectivity index is 2.40. The zero-order valence-electron chi connectivity index (χ0n) is 11.8. The van der Waals surface area contributed by atoms with Crippen molar-refractivity contribution in [2.24, 2.45) is 5.92 Å². The summed E-state index contributed by atoms with van der Waals surface area (Å²) in [5.74, 6) is -0.643. The Morgan fingerprint density at radius 2 is 1.68 bits per heavy atom. The number of carbonyl (C=O) groups is 2. The second-order valence-corrected chi connectivity index (χ2v) is 5.04. The van der Waals surface area contributed by atoms with Crippen LogP contribution in [0.3, 0.4) is 0 Å². The maximum atomic E-state index is 11.7. The zero-order chi connectivity index (χ0) is 14.3. The number of hydrogen-bond acceptors (Lipinski definition) is 2. The van der Waals surface area contributed by atoms with Crippen LogP contribution in [0.5, 0.6) is 0 Å². The fourth-order valence-electron chi connectivity index (χ4n) is 1.64. The molecule has 0 bridgehead atoms. The Morgan fingerprint density at radius 3 is 2.26 bits per heavy atom. The quantitative estimate of drug-likeness (QED) is 0.798. The Kier molecular flexibility index (Phi) is 6.06. The number of nitrogens with one attached hydrogen (secondary N) is 2. The van der Waals surface area contributed by atoms with Crippen LogP contribution in [0.1, 0.15) is 38.8 Å². The first-order valence-electron chi connectivity index (χ1n) is 6.64. The SMILES string of the molecule is CC(C)CCNC(=O)C(=O)NC(C)c1ccccc1. The fourth-order valence-corrected chi connectivity index (χ4v) is 1.64. The van der Waals surface area contributed by atoms with Crippen LogP contribution in [-0.2, 0) is 9.59 Å². The molecule has 0 aromatic heterocycles. The van der Waals surface area contributed by atoms with Crippen LogP contribution in [-0.4, -0.2) is 18.4 Å². The molecule has 0 heterocycles. The number of hydrogen-bond donors (Lipinski definition) is 2. The molecule has 4 nitrogen and oxygen atoms in total. The van der Waals surface area contributed by atoms with E-state index in [0.29, 0.717) is 12.5 Å². The second kappa shape index (κ2) is 7.56. The van der Waals surface area contributed by atoms with E-state index in [1.807, 2.05) is 37.3 Å². The largest absolute Gasteiger partial charge is 0.348 e. The van der Waals surface area contributed by atoms with Gasteiger partial charge in [-0.15, -0.1) is 0 Å². The summed E-state index contributed by atoms with van der Waals surface area (Å²) in [5, 5.41) is 5.30. The molecule has 1 aromatic rings. The van der Waals surface area contributed by atoms with E-state index < -0.39 is 11.8 Å². The predicted molar refractivity (Wildman–Crippen MR) is 75.5 cm³/mol. The van der Waals surface area contributed by atoms with Crippen LogP contribution in [0, 0.1) is 5.92 Å². The van der Waals surface area contributed by atoms with Gasteiger partial charge in [-0.3, -0.25) is 9.59 Å². The van der Waals surface area contributed by atoms with Gasteiger partial charge in [-0.05, 0) is 24.8 Å². The first kappa shape index (κ1) is 15.2. The van der Waals surface area contributed by atoms with Crippen molar-refractivity contribution in [1.29, 1.82) is 0 Å². The number of benzene rings is 1. The van der Waals surface area contributed by atoms with E-state index >= 15 is 0 Å². The summed E-state index contributed by atoms with van der Waals surface area (Å²) in [5.41, 5.74) is 0.978. The molecule has 0 saturated heterocycles. The molecule has 4 heteroatoms. The smallest absolute Gasteiger partial charge is 0.309 e. The number of carbonyl (C=O) groups excluding carboxylic acids is 2. The highest BCUT2D eigenvalue weighted by atomic mass is 16.2. The molecule has 1 atom stereocenters. The average Bonchev–Trinajstić information content (AvgIpc) is 2.39. The van der Waals surface area contributed by atoms with Crippen molar-refractivity contribution >= 4 is 11.8 Å². The molecule has 2 N–H and O–H groups in total. The maximum Gasteiger partial charge on any atom is 0.309 e. The normalized spacial score (nSPS) is 12.0. The van der Waals surface area contributed by atoms with Crippen LogP contribution in [0.4, 0.5) is 0 Å². The Labute approximate surface area is 114 Å². The first-order chi connectivity index (χ1) is 9.00. The van der Waals surface area contributed by atoms with E-state index in [1.165, 1.54) is 0 Å². The van der Waals surface area contributed by atoms with E-state index in [2.05, 4.69) is 24.5 Å². The molecule has 2 amide bonds. The van der Waals surface area contributed by atoms with Crippen LogP contribution in [0.2, 0.25) is 0 Å². The molecule has 0 aliphatic heterocycles. The lowest BCUT2D eigenvalue weighted by molar-refractivity contribution is -0.139. The minimum absolute atomic E-state index is 0.176. The van der Waals surface area contributed by atoms with Gasteiger partial charge in [-0.1, -0.05) is 44.2 Å². The highest BCUT2D eigenvalue weighted by Crippen LogP contribution is 2.10. The van der Waals surface area contributed by atoms with E-state index in [4.69, 9.17) is 0 Å². The van der Waals surface area contributed by atoms with Gasteiger partial charge < -0.3 is 10.6 Å². The van der Waals surface area contributed by atoms with Crippen molar-refractivity contribution in [3.63, 3.8) is 0 Å². The van der Waals surface area contributed by atoms with E-state index in [9.17, 15) is 9.59 Å². The van der Waals surface area contributed by atoms with Gasteiger partial charge in [0, 0.05) is 6.54 Å². The minimum Gasteiger partial charge on any atom is -0.348 e. The fraction of sp³-hybridized carbons (Fsp3) is 0.467. The lowest BCUT2D eigenvalue weighted by Crippen LogP contribution is -2.41. The summed E-state index contributed by atoms with van der Waals surface area (Å²) >= 11 is 0. The lowest BCUT2D eigenvalue weighted by Gasteiger charge is -2.14. The van der Waals surface area contributed by atoms with Gasteiger partial charge in [0.1, 0.15) is 0 Å². The number of rotatable bonds is 5. The zero-order valence-corrected chi connectivity index (χ0v) is 11.8. The molecule has 0 aliphatic carbocycles. The summed E-state index contributed by atoms with van der Waals surface area (Å²) in [6.45, 7) is 6.53. The van der Waals surface area contributed by atoms with Crippen molar-refractivity contribution in [1.82, 2.24) is 10.6 Å². The van der Waals surface area contributed by atoms with Crippen molar-refractivity contribution in [3.05, 3.63) is 35.9 Å². The first-order valence-corrected chi connectivity index (χ1v) is 6.64. The van der Waals surface area contributed by atoms with Crippen LogP contribution in [0.15, 0.2) is 30.3 Å². The summed E-state index contributed by atoms with van der Waals surface area (Å²) in [6.07, 6.45) is 0.868. The average molecular weight is 262 g/mol.